The highest BCUT2D eigenvalue weighted by molar-refractivity contribution is 7.92. The van der Waals surface area contributed by atoms with Gasteiger partial charge in [0.15, 0.2) is 0 Å². The molecule has 0 spiro atoms. The topological polar surface area (TPSA) is 96.0 Å². The number of sulfonamides is 1. The van der Waals surface area contributed by atoms with E-state index in [-0.39, 0.29) is 24.6 Å². The monoisotopic (exact) mass is 541 g/mol. The maximum atomic E-state index is 13.9. The van der Waals surface area contributed by atoms with E-state index in [1.165, 1.54) is 24.1 Å². The molecule has 0 aromatic heterocycles. The van der Waals surface area contributed by atoms with Gasteiger partial charge in [0.25, 0.3) is 0 Å². The van der Waals surface area contributed by atoms with E-state index in [1.54, 1.807) is 31.2 Å². The van der Waals surface area contributed by atoms with E-state index in [0.717, 1.165) is 28.3 Å². The van der Waals surface area contributed by atoms with Gasteiger partial charge in [0.1, 0.15) is 24.2 Å². The summed E-state index contributed by atoms with van der Waals surface area (Å²) < 4.78 is 45.1. The van der Waals surface area contributed by atoms with Gasteiger partial charge in [0, 0.05) is 19.5 Å². The summed E-state index contributed by atoms with van der Waals surface area (Å²) in [7, 11) is -2.39. The van der Waals surface area contributed by atoms with Crippen LogP contribution in [-0.4, -0.2) is 57.6 Å². The van der Waals surface area contributed by atoms with Crippen molar-refractivity contribution in [2.24, 2.45) is 0 Å². The van der Waals surface area contributed by atoms with Crippen molar-refractivity contribution in [3.8, 4) is 5.75 Å². The number of halogens is 1. The first kappa shape index (κ1) is 28.6. The van der Waals surface area contributed by atoms with Crippen LogP contribution < -0.4 is 14.4 Å². The molecule has 1 atom stereocenters. The molecule has 0 radical (unpaired) electrons. The summed E-state index contributed by atoms with van der Waals surface area (Å²) in [6.07, 6.45) is 1.19. The number of hydrogen-bond donors (Lipinski definition) is 1. The molecule has 0 heterocycles. The van der Waals surface area contributed by atoms with Crippen LogP contribution in [-0.2, 0) is 32.6 Å². The molecule has 10 heteroatoms. The van der Waals surface area contributed by atoms with Gasteiger partial charge in [-0.3, -0.25) is 13.9 Å². The largest absolute Gasteiger partial charge is 0.497 e. The highest BCUT2D eigenvalue weighted by Crippen LogP contribution is 2.22. The molecule has 0 bridgehead atoms. The number of likely N-dealkylation sites (N-methyl/N-ethyl adjacent to an activating group) is 1. The fourth-order valence-corrected chi connectivity index (χ4v) is 4.88. The SMILES string of the molecule is CCNC(=O)[C@H](Cc1ccccc1)N(Cc1cccc(OC)c1)C(=O)CN(c1ccc(F)cc1)S(C)(=O)=O. The van der Waals surface area contributed by atoms with Crippen LogP contribution in [0.4, 0.5) is 10.1 Å². The highest BCUT2D eigenvalue weighted by atomic mass is 32.2. The lowest BCUT2D eigenvalue weighted by Crippen LogP contribution is -2.53. The van der Waals surface area contributed by atoms with Crippen molar-refractivity contribution in [1.82, 2.24) is 10.2 Å². The second kappa shape index (κ2) is 13.0. The van der Waals surface area contributed by atoms with E-state index < -0.39 is 34.3 Å². The average molecular weight is 542 g/mol. The van der Waals surface area contributed by atoms with E-state index in [9.17, 15) is 22.4 Å². The number of ether oxygens (including phenoxy) is 1. The van der Waals surface area contributed by atoms with Crippen LogP contribution in [0.5, 0.6) is 5.75 Å². The third kappa shape index (κ3) is 7.79. The van der Waals surface area contributed by atoms with Crippen LogP contribution >= 0.6 is 0 Å². The Morgan fingerprint density at radius 3 is 2.24 bits per heavy atom. The number of hydrogen-bond acceptors (Lipinski definition) is 5. The van der Waals surface area contributed by atoms with Gasteiger partial charge in [0.05, 0.1) is 19.1 Å². The molecule has 0 aliphatic carbocycles. The first-order valence-corrected chi connectivity index (χ1v) is 13.9. The Kier molecular flexibility index (Phi) is 9.84. The number of benzene rings is 3. The van der Waals surface area contributed by atoms with Crippen molar-refractivity contribution in [3.05, 3.63) is 95.8 Å². The molecular weight excluding hydrogens is 509 g/mol. The minimum atomic E-state index is -3.92. The Labute approximate surface area is 223 Å². The molecule has 0 aliphatic rings. The van der Waals surface area contributed by atoms with E-state index in [4.69, 9.17) is 4.74 Å². The molecule has 3 rings (SSSR count). The summed E-state index contributed by atoms with van der Waals surface area (Å²) >= 11 is 0. The quantitative estimate of drug-likeness (QED) is 0.379. The van der Waals surface area contributed by atoms with Crippen molar-refractivity contribution in [2.75, 3.05) is 30.8 Å². The third-order valence-electron chi connectivity index (χ3n) is 5.90. The van der Waals surface area contributed by atoms with Gasteiger partial charge >= 0.3 is 0 Å². The summed E-state index contributed by atoms with van der Waals surface area (Å²) in [5, 5.41) is 2.80. The number of anilines is 1. The molecule has 202 valence electrons. The van der Waals surface area contributed by atoms with Crippen LogP contribution in [0.1, 0.15) is 18.1 Å². The molecule has 0 saturated heterocycles. The summed E-state index contributed by atoms with van der Waals surface area (Å²) in [5.74, 6) is -0.904. The van der Waals surface area contributed by atoms with Crippen molar-refractivity contribution >= 4 is 27.5 Å². The van der Waals surface area contributed by atoms with Gasteiger partial charge in [-0.1, -0.05) is 42.5 Å². The van der Waals surface area contributed by atoms with E-state index in [0.29, 0.717) is 17.9 Å². The summed E-state index contributed by atoms with van der Waals surface area (Å²) in [6.45, 7) is 1.60. The first-order valence-electron chi connectivity index (χ1n) is 12.1. The van der Waals surface area contributed by atoms with Crippen LogP contribution in [0.2, 0.25) is 0 Å². The van der Waals surface area contributed by atoms with Gasteiger partial charge in [-0.05, 0) is 54.4 Å². The molecular formula is C28H32FN3O5S. The van der Waals surface area contributed by atoms with Crippen molar-refractivity contribution in [3.63, 3.8) is 0 Å². The number of amides is 2. The summed E-state index contributed by atoms with van der Waals surface area (Å²) in [4.78, 5) is 28.6. The maximum Gasteiger partial charge on any atom is 0.244 e. The highest BCUT2D eigenvalue weighted by Gasteiger charge is 2.32. The molecule has 0 saturated carbocycles. The molecule has 8 nitrogen and oxygen atoms in total. The molecule has 3 aromatic carbocycles. The lowest BCUT2D eigenvalue weighted by atomic mass is 10.0. The third-order valence-corrected chi connectivity index (χ3v) is 7.04. The van der Waals surface area contributed by atoms with Gasteiger partial charge in [0.2, 0.25) is 21.8 Å². The van der Waals surface area contributed by atoms with Gasteiger partial charge in [-0.25, -0.2) is 12.8 Å². The Morgan fingerprint density at radius 2 is 1.63 bits per heavy atom. The zero-order valence-corrected chi connectivity index (χ0v) is 22.4. The van der Waals surface area contributed by atoms with Crippen LogP contribution in [0.25, 0.3) is 0 Å². The number of rotatable bonds is 12. The van der Waals surface area contributed by atoms with E-state index in [2.05, 4.69) is 5.32 Å². The van der Waals surface area contributed by atoms with E-state index in [1.807, 2.05) is 30.3 Å². The Bertz CT molecular complexity index is 1330. The smallest absolute Gasteiger partial charge is 0.244 e. The molecule has 0 fully saturated rings. The fraction of sp³-hybridized carbons (Fsp3) is 0.286. The molecule has 38 heavy (non-hydrogen) atoms. The Balaban J connectivity index is 2.04. The van der Waals surface area contributed by atoms with Crippen LogP contribution in [0.15, 0.2) is 78.9 Å². The number of methoxy groups -OCH3 is 1. The van der Waals surface area contributed by atoms with Gasteiger partial charge in [-0.15, -0.1) is 0 Å². The Hall–Kier alpha value is -3.92. The summed E-state index contributed by atoms with van der Waals surface area (Å²) in [5.41, 5.74) is 1.68. The Morgan fingerprint density at radius 1 is 0.974 bits per heavy atom. The predicted octanol–water partition coefficient (Wildman–Crippen LogP) is 3.38. The molecule has 0 aliphatic heterocycles. The molecule has 2 amide bonds. The number of nitrogens with one attached hydrogen (secondary N) is 1. The minimum Gasteiger partial charge on any atom is -0.497 e. The normalized spacial score (nSPS) is 11.9. The predicted molar refractivity (Wildman–Crippen MR) is 145 cm³/mol. The van der Waals surface area contributed by atoms with Crippen molar-refractivity contribution in [1.29, 1.82) is 0 Å². The fourth-order valence-electron chi connectivity index (χ4n) is 4.03. The zero-order valence-electron chi connectivity index (χ0n) is 21.6. The molecule has 3 aromatic rings. The molecule has 1 N–H and O–H groups in total. The molecule has 0 unspecified atom stereocenters. The lowest BCUT2D eigenvalue weighted by Gasteiger charge is -2.33. The standard InChI is InChI=1S/C28H32FN3O5S/c1-4-30-28(34)26(18-21-9-6-5-7-10-21)31(19-22-11-8-12-25(17-22)37-2)27(33)20-32(38(3,35)36)24-15-13-23(29)14-16-24/h5-17,26H,4,18-20H2,1-3H3,(H,30,34)/t26-/m0/s1. The van der Waals surface area contributed by atoms with Gasteiger partial charge in [-0.2, -0.15) is 0 Å². The average Bonchev–Trinajstić information content (AvgIpc) is 2.90. The second-order valence-corrected chi connectivity index (χ2v) is 10.6. The number of carbonyl (C=O) groups is 2. The first-order chi connectivity index (χ1) is 18.1. The number of nitrogens with zero attached hydrogens (tertiary/aromatic N) is 2. The van der Waals surface area contributed by atoms with Crippen molar-refractivity contribution < 1.29 is 27.1 Å². The van der Waals surface area contributed by atoms with E-state index >= 15 is 0 Å². The lowest BCUT2D eigenvalue weighted by molar-refractivity contribution is -0.140. The maximum absolute atomic E-state index is 13.9. The zero-order chi connectivity index (χ0) is 27.7. The van der Waals surface area contributed by atoms with Crippen LogP contribution in [0, 0.1) is 5.82 Å². The second-order valence-electron chi connectivity index (χ2n) is 8.72. The summed E-state index contributed by atoms with van der Waals surface area (Å²) in [6, 6.07) is 20.3. The number of carbonyl (C=O) groups excluding carboxylic acids is 2. The van der Waals surface area contributed by atoms with Crippen LogP contribution in [0.3, 0.4) is 0 Å². The van der Waals surface area contributed by atoms with Gasteiger partial charge < -0.3 is 15.0 Å². The minimum absolute atomic E-state index is 0.0334. The van der Waals surface area contributed by atoms with Crippen molar-refractivity contribution in [2.45, 2.75) is 25.9 Å².